The van der Waals surface area contributed by atoms with Crippen molar-refractivity contribution in [2.45, 2.75) is 13.0 Å². The number of para-hydroxylation sites is 1. The monoisotopic (exact) mass is 359 g/mol. The van der Waals surface area contributed by atoms with Gasteiger partial charge in [0.25, 0.3) is 0 Å². The van der Waals surface area contributed by atoms with Gasteiger partial charge in [0.1, 0.15) is 5.82 Å². The zero-order chi connectivity index (χ0) is 18.6. The standard InChI is InChI=1S/C22H18FN3O/c23-17-8-10-19(11-9-17)26(15-18-5-3-4-12-24-18)22(27)13-16-14-25-21-7-2-1-6-20(16)21/h1-12,14,25H,13,15H2. The van der Waals surface area contributed by atoms with Crippen molar-refractivity contribution in [3.63, 3.8) is 0 Å². The van der Waals surface area contributed by atoms with E-state index in [0.717, 1.165) is 22.2 Å². The molecule has 0 aliphatic heterocycles. The second-order valence-electron chi connectivity index (χ2n) is 6.31. The average Bonchev–Trinajstić information content (AvgIpc) is 3.11. The van der Waals surface area contributed by atoms with Crippen LogP contribution in [0.5, 0.6) is 0 Å². The molecule has 2 aromatic carbocycles. The van der Waals surface area contributed by atoms with Crippen molar-refractivity contribution in [2.75, 3.05) is 4.90 Å². The van der Waals surface area contributed by atoms with Gasteiger partial charge in [-0.3, -0.25) is 9.78 Å². The summed E-state index contributed by atoms with van der Waals surface area (Å²) in [6.07, 6.45) is 3.81. The molecule has 4 nitrogen and oxygen atoms in total. The summed E-state index contributed by atoms with van der Waals surface area (Å²) in [5.41, 5.74) is 3.35. The summed E-state index contributed by atoms with van der Waals surface area (Å²) >= 11 is 0. The number of hydrogen-bond donors (Lipinski definition) is 1. The van der Waals surface area contributed by atoms with Crippen LogP contribution in [-0.4, -0.2) is 15.9 Å². The van der Waals surface area contributed by atoms with Gasteiger partial charge in [-0.15, -0.1) is 0 Å². The fraction of sp³-hybridized carbons (Fsp3) is 0.0909. The summed E-state index contributed by atoms with van der Waals surface area (Å²) in [6.45, 7) is 0.327. The summed E-state index contributed by atoms with van der Waals surface area (Å²) < 4.78 is 13.3. The number of aromatic amines is 1. The maximum Gasteiger partial charge on any atom is 0.231 e. The van der Waals surface area contributed by atoms with E-state index in [-0.39, 0.29) is 18.1 Å². The molecule has 0 spiro atoms. The van der Waals surface area contributed by atoms with Crippen LogP contribution in [0.4, 0.5) is 10.1 Å². The SMILES string of the molecule is O=C(Cc1c[nH]c2ccccc12)N(Cc1ccccn1)c1ccc(F)cc1. The molecule has 4 rings (SSSR count). The molecule has 0 atom stereocenters. The number of carbonyl (C=O) groups excluding carboxylic acids is 1. The first-order valence-corrected chi connectivity index (χ1v) is 8.71. The highest BCUT2D eigenvalue weighted by Gasteiger charge is 2.19. The van der Waals surface area contributed by atoms with Gasteiger partial charge in [-0.25, -0.2) is 4.39 Å². The molecule has 0 saturated heterocycles. The lowest BCUT2D eigenvalue weighted by molar-refractivity contribution is -0.118. The molecule has 0 radical (unpaired) electrons. The predicted octanol–water partition coefficient (Wildman–Crippen LogP) is 4.48. The number of aromatic nitrogens is 2. The van der Waals surface area contributed by atoms with E-state index in [1.165, 1.54) is 12.1 Å². The fourth-order valence-electron chi connectivity index (χ4n) is 3.13. The number of anilines is 1. The highest BCUT2D eigenvalue weighted by Crippen LogP contribution is 2.22. The number of pyridine rings is 1. The summed E-state index contributed by atoms with van der Waals surface area (Å²) in [5, 5.41) is 1.03. The second-order valence-corrected chi connectivity index (χ2v) is 6.31. The molecule has 27 heavy (non-hydrogen) atoms. The lowest BCUT2D eigenvalue weighted by Gasteiger charge is -2.22. The van der Waals surface area contributed by atoms with E-state index in [0.29, 0.717) is 12.2 Å². The third-order valence-corrected chi connectivity index (χ3v) is 4.50. The molecule has 0 fully saturated rings. The summed E-state index contributed by atoms with van der Waals surface area (Å²) in [4.78, 5) is 22.3. The summed E-state index contributed by atoms with van der Waals surface area (Å²) in [5.74, 6) is -0.405. The Morgan fingerprint density at radius 2 is 1.78 bits per heavy atom. The van der Waals surface area contributed by atoms with Gasteiger partial charge < -0.3 is 9.88 Å². The summed E-state index contributed by atoms with van der Waals surface area (Å²) in [7, 11) is 0. The number of hydrogen-bond acceptors (Lipinski definition) is 2. The molecule has 0 aliphatic rings. The largest absolute Gasteiger partial charge is 0.361 e. The Labute approximate surface area is 156 Å². The second kappa shape index (κ2) is 7.41. The minimum atomic E-state index is -0.333. The minimum Gasteiger partial charge on any atom is -0.361 e. The van der Waals surface area contributed by atoms with Gasteiger partial charge in [-0.05, 0) is 48.0 Å². The molecular weight excluding hydrogens is 341 g/mol. The van der Waals surface area contributed by atoms with Crippen LogP contribution in [0.1, 0.15) is 11.3 Å². The number of benzene rings is 2. The highest BCUT2D eigenvalue weighted by molar-refractivity contribution is 5.97. The average molecular weight is 359 g/mol. The number of rotatable bonds is 5. The van der Waals surface area contributed by atoms with Crippen molar-refractivity contribution >= 4 is 22.5 Å². The van der Waals surface area contributed by atoms with Gasteiger partial charge >= 0.3 is 0 Å². The van der Waals surface area contributed by atoms with Crippen LogP contribution in [0.15, 0.2) is 79.1 Å². The molecule has 0 bridgehead atoms. The molecule has 1 N–H and O–H groups in total. The normalized spacial score (nSPS) is 10.9. The topological polar surface area (TPSA) is 49.0 Å². The Balaban J connectivity index is 1.64. The fourth-order valence-corrected chi connectivity index (χ4v) is 3.13. The van der Waals surface area contributed by atoms with Gasteiger partial charge in [0.05, 0.1) is 18.7 Å². The molecule has 4 aromatic rings. The third kappa shape index (κ3) is 3.72. The molecule has 134 valence electrons. The van der Waals surface area contributed by atoms with Crippen molar-refractivity contribution in [3.8, 4) is 0 Å². The zero-order valence-electron chi connectivity index (χ0n) is 14.6. The molecule has 0 saturated carbocycles. The number of nitrogens with zero attached hydrogens (tertiary/aromatic N) is 2. The molecule has 1 amide bonds. The van der Waals surface area contributed by atoms with Crippen molar-refractivity contribution in [1.82, 2.24) is 9.97 Å². The van der Waals surface area contributed by atoms with Crippen LogP contribution in [0.2, 0.25) is 0 Å². The number of H-pyrrole nitrogens is 1. The van der Waals surface area contributed by atoms with E-state index in [4.69, 9.17) is 0 Å². The molecule has 0 unspecified atom stereocenters. The van der Waals surface area contributed by atoms with Gasteiger partial charge in [-0.2, -0.15) is 0 Å². The van der Waals surface area contributed by atoms with Gasteiger partial charge in [0.15, 0.2) is 0 Å². The number of carbonyl (C=O) groups is 1. The van der Waals surface area contributed by atoms with Gasteiger partial charge in [-0.1, -0.05) is 24.3 Å². The lowest BCUT2D eigenvalue weighted by Crippen LogP contribution is -2.32. The van der Waals surface area contributed by atoms with E-state index >= 15 is 0 Å². The van der Waals surface area contributed by atoms with Crippen LogP contribution in [0.3, 0.4) is 0 Å². The first kappa shape index (κ1) is 17.0. The number of nitrogens with one attached hydrogen (secondary N) is 1. The maximum absolute atomic E-state index is 13.3. The maximum atomic E-state index is 13.3. The third-order valence-electron chi connectivity index (χ3n) is 4.50. The van der Waals surface area contributed by atoms with Crippen LogP contribution in [0.25, 0.3) is 10.9 Å². The Hall–Kier alpha value is -3.47. The minimum absolute atomic E-state index is 0.0722. The Morgan fingerprint density at radius 3 is 2.56 bits per heavy atom. The number of amides is 1. The van der Waals surface area contributed by atoms with E-state index < -0.39 is 0 Å². The Kier molecular flexibility index (Phi) is 4.66. The molecule has 2 heterocycles. The summed E-state index contributed by atoms with van der Waals surface area (Å²) in [6, 6.07) is 19.4. The zero-order valence-corrected chi connectivity index (χ0v) is 14.6. The quantitative estimate of drug-likeness (QED) is 0.571. The van der Waals surface area contributed by atoms with Crippen LogP contribution >= 0.6 is 0 Å². The van der Waals surface area contributed by atoms with Crippen LogP contribution in [-0.2, 0) is 17.8 Å². The first-order chi connectivity index (χ1) is 13.2. The highest BCUT2D eigenvalue weighted by atomic mass is 19.1. The van der Waals surface area contributed by atoms with E-state index in [2.05, 4.69) is 9.97 Å². The van der Waals surface area contributed by atoms with E-state index in [1.54, 1.807) is 23.2 Å². The lowest BCUT2D eigenvalue weighted by atomic mass is 10.1. The van der Waals surface area contributed by atoms with Crippen molar-refractivity contribution in [1.29, 1.82) is 0 Å². The van der Waals surface area contributed by atoms with Crippen molar-refractivity contribution in [3.05, 3.63) is 96.2 Å². The molecule has 5 heteroatoms. The van der Waals surface area contributed by atoms with Crippen LogP contribution in [0, 0.1) is 5.82 Å². The smallest absolute Gasteiger partial charge is 0.231 e. The van der Waals surface area contributed by atoms with Gasteiger partial charge in [0.2, 0.25) is 5.91 Å². The van der Waals surface area contributed by atoms with Gasteiger partial charge in [0, 0.05) is 29.0 Å². The Bertz CT molecular complexity index is 1060. The number of halogens is 1. The number of fused-ring (bicyclic) bond motifs is 1. The van der Waals surface area contributed by atoms with E-state index in [9.17, 15) is 9.18 Å². The van der Waals surface area contributed by atoms with E-state index in [1.807, 2.05) is 48.7 Å². The van der Waals surface area contributed by atoms with Crippen molar-refractivity contribution in [2.24, 2.45) is 0 Å². The van der Waals surface area contributed by atoms with Crippen molar-refractivity contribution < 1.29 is 9.18 Å². The Morgan fingerprint density at radius 1 is 1.00 bits per heavy atom. The van der Waals surface area contributed by atoms with Crippen LogP contribution < -0.4 is 4.90 Å². The first-order valence-electron chi connectivity index (χ1n) is 8.71. The predicted molar refractivity (Wildman–Crippen MR) is 104 cm³/mol. The molecule has 0 aliphatic carbocycles. The molecular formula is C22H18FN3O. The molecule has 2 aromatic heterocycles.